The van der Waals surface area contributed by atoms with E-state index in [1.165, 1.54) is 23.5 Å². The number of alkyl halides is 3. The molecule has 1 saturated heterocycles. The second kappa shape index (κ2) is 9.04. The summed E-state index contributed by atoms with van der Waals surface area (Å²) < 4.78 is 40.5. The Kier molecular flexibility index (Phi) is 6.69. The smallest absolute Gasteiger partial charge is 0.352 e. The van der Waals surface area contributed by atoms with Crippen LogP contribution in [0.25, 0.3) is 0 Å². The molecule has 0 aliphatic carbocycles. The molecule has 2 aromatic rings. The lowest BCUT2D eigenvalue weighted by atomic mass is 10.2. The van der Waals surface area contributed by atoms with Gasteiger partial charge in [-0.25, -0.2) is 0 Å². The van der Waals surface area contributed by atoms with E-state index in [-0.39, 0.29) is 12.1 Å². The minimum atomic E-state index is -4.48. The first-order valence-electron chi connectivity index (χ1n) is 9.28. The van der Waals surface area contributed by atoms with Gasteiger partial charge in [-0.3, -0.25) is 14.6 Å². The molecule has 6 nitrogen and oxygen atoms in total. The Balaban J connectivity index is 1.54. The first-order chi connectivity index (χ1) is 13.8. The molecule has 0 atom stereocenters. The molecule has 1 aromatic heterocycles. The van der Waals surface area contributed by atoms with Crippen LogP contribution < -0.4 is 5.32 Å². The van der Waals surface area contributed by atoms with Crippen LogP contribution in [0.3, 0.4) is 0 Å². The molecule has 2 heterocycles. The lowest BCUT2D eigenvalue weighted by molar-refractivity contribution is -0.142. The molecule has 1 N–H and O–H groups in total. The van der Waals surface area contributed by atoms with Gasteiger partial charge < -0.3 is 10.2 Å². The number of benzene rings is 1. The molecule has 158 valence electrons. The molecule has 3 rings (SSSR count). The van der Waals surface area contributed by atoms with Crippen LogP contribution in [0.4, 0.5) is 13.2 Å². The molecular weight excluding hydrogens is 405 g/mol. The Labute approximate surface area is 173 Å². The summed E-state index contributed by atoms with van der Waals surface area (Å²) in [6.07, 6.45) is -3.09. The Hall–Kier alpha value is -2.26. The summed E-state index contributed by atoms with van der Waals surface area (Å²) in [6, 6.07) is 7.79. The second-order valence-electron chi connectivity index (χ2n) is 6.96. The number of guanidine groups is 1. The van der Waals surface area contributed by atoms with E-state index >= 15 is 0 Å². The third-order valence-corrected chi connectivity index (χ3v) is 5.07. The van der Waals surface area contributed by atoms with Crippen LogP contribution in [-0.2, 0) is 26.3 Å². The van der Waals surface area contributed by atoms with Crippen molar-refractivity contribution in [1.29, 1.82) is 0 Å². The van der Waals surface area contributed by atoms with E-state index in [0.717, 1.165) is 37.7 Å². The summed E-state index contributed by atoms with van der Waals surface area (Å²) in [5, 5.41) is 7.30. The largest absolute Gasteiger partial charge is 0.435 e. The molecule has 0 bridgehead atoms. The van der Waals surface area contributed by atoms with Gasteiger partial charge in [0.15, 0.2) is 11.7 Å². The first kappa shape index (κ1) is 21.4. The average molecular weight is 429 g/mol. The molecule has 1 aromatic carbocycles. The third kappa shape index (κ3) is 5.63. The van der Waals surface area contributed by atoms with Gasteiger partial charge in [0.05, 0.1) is 0 Å². The normalized spacial score (nSPS) is 16.3. The van der Waals surface area contributed by atoms with Crippen molar-refractivity contribution >= 4 is 17.6 Å². The Bertz CT molecular complexity index is 839. The van der Waals surface area contributed by atoms with Gasteiger partial charge >= 0.3 is 6.18 Å². The summed E-state index contributed by atoms with van der Waals surface area (Å²) in [5.74, 6) is 0.591. The van der Waals surface area contributed by atoms with E-state index in [1.807, 2.05) is 24.3 Å². The van der Waals surface area contributed by atoms with E-state index in [1.54, 1.807) is 7.05 Å². The van der Waals surface area contributed by atoms with Gasteiger partial charge in [-0.15, -0.1) is 0 Å². The standard InChI is InChI=1S/C19H24ClF3N6/c1-24-18(25-11-15-13-27(2)26-17(15)19(21,22)23)29-9-7-28(8-10-29)12-14-3-5-16(20)6-4-14/h3-6,13H,7-12H2,1-2H3,(H,24,25). The van der Waals surface area contributed by atoms with Crippen molar-refractivity contribution in [2.24, 2.45) is 12.0 Å². The molecule has 1 fully saturated rings. The third-order valence-electron chi connectivity index (χ3n) is 4.81. The van der Waals surface area contributed by atoms with E-state index in [9.17, 15) is 13.2 Å². The van der Waals surface area contributed by atoms with Crippen molar-refractivity contribution in [3.8, 4) is 0 Å². The monoisotopic (exact) mass is 428 g/mol. The summed E-state index contributed by atoms with van der Waals surface area (Å²) in [7, 11) is 3.11. The van der Waals surface area contributed by atoms with Crippen LogP contribution in [0.15, 0.2) is 35.5 Å². The number of nitrogens with one attached hydrogen (secondary N) is 1. The van der Waals surface area contributed by atoms with Crippen molar-refractivity contribution in [2.45, 2.75) is 19.3 Å². The predicted octanol–water partition coefficient (Wildman–Crippen LogP) is 2.99. The first-order valence-corrected chi connectivity index (χ1v) is 9.66. The van der Waals surface area contributed by atoms with Crippen molar-refractivity contribution in [3.63, 3.8) is 0 Å². The van der Waals surface area contributed by atoms with Crippen LogP contribution >= 0.6 is 11.6 Å². The van der Waals surface area contributed by atoms with Crippen LogP contribution in [0, 0.1) is 0 Å². The molecular formula is C19H24ClF3N6. The molecule has 0 saturated carbocycles. The maximum absolute atomic E-state index is 13.1. The van der Waals surface area contributed by atoms with Crippen molar-refractivity contribution in [2.75, 3.05) is 33.2 Å². The molecule has 0 spiro atoms. The fraction of sp³-hybridized carbons (Fsp3) is 0.474. The fourth-order valence-electron chi connectivity index (χ4n) is 3.38. The molecule has 0 radical (unpaired) electrons. The maximum atomic E-state index is 13.1. The molecule has 10 heteroatoms. The zero-order chi connectivity index (χ0) is 21.0. The van der Waals surface area contributed by atoms with Gasteiger partial charge in [0, 0.05) is 70.1 Å². The van der Waals surface area contributed by atoms with Gasteiger partial charge in [-0.2, -0.15) is 18.3 Å². The lowest BCUT2D eigenvalue weighted by Gasteiger charge is -2.36. The van der Waals surface area contributed by atoms with E-state index < -0.39 is 11.9 Å². The molecule has 0 amide bonds. The quantitative estimate of drug-likeness (QED) is 0.601. The van der Waals surface area contributed by atoms with Crippen LogP contribution in [0.5, 0.6) is 0 Å². The fourth-order valence-corrected chi connectivity index (χ4v) is 3.50. The Morgan fingerprint density at radius 3 is 2.41 bits per heavy atom. The van der Waals surface area contributed by atoms with E-state index in [4.69, 9.17) is 11.6 Å². The highest BCUT2D eigenvalue weighted by Gasteiger charge is 2.36. The highest BCUT2D eigenvalue weighted by Crippen LogP contribution is 2.30. The predicted molar refractivity (Wildman–Crippen MR) is 107 cm³/mol. The summed E-state index contributed by atoms with van der Waals surface area (Å²) in [5.41, 5.74) is 0.430. The van der Waals surface area contributed by atoms with E-state index in [2.05, 4.69) is 25.2 Å². The minimum absolute atomic E-state index is 0.0142. The van der Waals surface area contributed by atoms with Gasteiger partial charge in [-0.05, 0) is 17.7 Å². The van der Waals surface area contributed by atoms with Gasteiger partial charge in [0.2, 0.25) is 0 Å². The Morgan fingerprint density at radius 2 is 1.83 bits per heavy atom. The second-order valence-corrected chi connectivity index (χ2v) is 7.40. The zero-order valence-corrected chi connectivity index (χ0v) is 17.1. The summed E-state index contributed by atoms with van der Waals surface area (Å²) in [4.78, 5) is 8.62. The zero-order valence-electron chi connectivity index (χ0n) is 16.4. The number of halogens is 4. The van der Waals surface area contributed by atoms with Gasteiger partial charge in [0.25, 0.3) is 0 Å². The molecule has 0 unspecified atom stereocenters. The van der Waals surface area contributed by atoms with Crippen molar-refractivity contribution in [3.05, 3.63) is 52.3 Å². The maximum Gasteiger partial charge on any atom is 0.435 e. The highest BCUT2D eigenvalue weighted by atomic mass is 35.5. The number of aromatic nitrogens is 2. The molecule has 1 aliphatic rings. The number of aryl methyl sites for hydroxylation is 1. The SMILES string of the molecule is CN=C(NCc1cn(C)nc1C(F)(F)F)N1CCN(Cc2ccc(Cl)cc2)CC1. The van der Waals surface area contributed by atoms with Crippen molar-refractivity contribution in [1.82, 2.24) is 24.9 Å². The van der Waals surface area contributed by atoms with E-state index in [0.29, 0.717) is 5.96 Å². The molecule has 1 aliphatic heterocycles. The van der Waals surface area contributed by atoms with Gasteiger partial charge in [0.1, 0.15) is 0 Å². The number of hydrogen-bond donors (Lipinski definition) is 1. The summed E-state index contributed by atoms with van der Waals surface area (Å²) in [6.45, 7) is 4.01. The Morgan fingerprint density at radius 1 is 1.17 bits per heavy atom. The van der Waals surface area contributed by atoms with Crippen LogP contribution in [0.2, 0.25) is 5.02 Å². The van der Waals surface area contributed by atoms with Crippen molar-refractivity contribution < 1.29 is 13.2 Å². The minimum Gasteiger partial charge on any atom is -0.352 e. The summed E-state index contributed by atoms with van der Waals surface area (Å²) >= 11 is 5.93. The van der Waals surface area contributed by atoms with Crippen LogP contribution in [-0.4, -0.2) is 58.8 Å². The van der Waals surface area contributed by atoms with Gasteiger partial charge in [-0.1, -0.05) is 23.7 Å². The van der Waals surface area contributed by atoms with Crippen LogP contribution in [0.1, 0.15) is 16.8 Å². The topological polar surface area (TPSA) is 48.7 Å². The number of hydrogen-bond acceptors (Lipinski definition) is 3. The average Bonchev–Trinajstić information content (AvgIpc) is 3.06. The molecule has 29 heavy (non-hydrogen) atoms. The number of nitrogens with zero attached hydrogens (tertiary/aromatic N) is 5. The lowest BCUT2D eigenvalue weighted by Crippen LogP contribution is -2.52. The number of piperazine rings is 1. The highest BCUT2D eigenvalue weighted by molar-refractivity contribution is 6.30. The number of aliphatic imine (C=N–C) groups is 1. The number of rotatable bonds is 4.